The monoisotopic (exact) mass is 274 g/mol. The van der Waals surface area contributed by atoms with Crippen LogP contribution in [-0.2, 0) is 15.9 Å². The average Bonchev–Trinajstić information content (AvgIpc) is 2.76. The van der Waals surface area contributed by atoms with Crippen molar-refractivity contribution in [2.75, 3.05) is 0 Å². The summed E-state index contributed by atoms with van der Waals surface area (Å²) in [6.07, 6.45) is 2.22. The van der Waals surface area contributed by atoms with Gasteiger partial charge in [0.2, 0.25) is 0 Å². The standard InChI is InChI=1S/C13H17O2.C2H6.K/c1-3-14-10(2)15-13-9-8-11-6-4-5-7-12(11)13;1-2;/h3-7,10,13H,8-9H2,1-2H3;1-2H3;/q-1;;+1/t10-,13?;;/m1../s1. The van der Waals surface area contributed by atoms with E-state index < -0.39 is 0 Å². The minimum absolute atomic E-state index is 0. The first-order valence-electron chi connectivity index (χ1n) is 6.48. The SMILES string of the molecule is CC.C[CH-]O[C@@H](C)OC1CCc2ccccc21.[K+]. The van der Waals surface area contributed by atoms with Crippen LogP contribution in [0.4, 0.5) is 0 Å². The Labute approximate surface area is 154 Å². The molecule has 2 nitrogen and oxygen atoms in total. The maximum absolute atomic E-state index is 5.82. The maximum Gasteiger partial charge on any atom is 1.00 e. The van der Waals surface area contributed by atoms with Gasteiger partial charge >= 0.3 is 51.4 Å². The molecule has 0 fully saturated rings. The number of benzene rings is 1. The number of hydrogen-bond donors (Lipinski definition) is 0. The maximum atomic E-state index is 5.82. The van der Waals surface area contributed by atoms with Gasteiger partial charge in [0.05, 0.1) is 6.10 Å². The van der Waals surface area contributed by atoms with E-state index in [1.165, 1.54) is 11.1 Å². The van der Waals surface area contributed by atoms with Crippen LogP contribution in [0.25, 0.3) is 0 Å². The van der Waals surface area contributed by atoms with Gasteiger partial charge in [-0.1, -0.05) is 38.1 Å². The van der Waals surface area contributed by atoms with Gasteiger partial charge in [0, 0.05) is 0 Å². The zero-order valence-electron chi connectivity index (χ0n) is 12.3. The van der Waals surface area contributed by atoms with Crippen LogP contribution in [-0.4, -0.2) is 6.29 Å². The van der Waals surface area contributed by atoms with Crippen LogP contribution in [0.1, 0.15) is 51.3 Å². The molecular formula is C15H23KO2. The number of ether oxygens (including phenoxy) is 2. The molecule has 18 heavy (non-hydrogen) atoms. The second-order valence-corrected chi connectivity index (χ2v) is 3.80. The minimum Gasteiger partial charge on any atom is -0.530 e. The van der Waals surface area contributed by atoms with E-state index in [2.05, 4.69) is 24.3 Å². The third-order valence-electron chi connectivity index (χ3n) is 2.76. The van der Waals surface area contributed by atoms with Gasteiger partial charge in [0.25, 0.3) is 0 Å². The van der Waals surface area contributed by atoms with E-state index in [1.54, 1.807) is 6.61 Å². The summed E-state index contributed by atoms with van der Waals surface area (Å²) in [5, 5.41) is 0. The normalized spacial score (nSPS) is 18.1. The van der Waals surface area contributed by atoms with E-state index in [4.69, 9.17) is 9.47 Å². The van der Waals surface area contributed by atoms with Crippen molar-refractivity contribution in [3.05, 3.63) is 42.0 Å². The molecule has 0 saturated carbocycles. The fraction of sp³-hybridized carbons (Fsp3) is 0.533. The molecule has 3 heteroatoms. The van der Waals surface area contributed by atoms with Crippen LogP contribution >= 0.6 is 0 Å². The summed E-state index contributed by atoms with van der Waals surface area (Å²) in [7, 11) is 0. The van der Waals surface area contributed by atoms with Crippen molar-refractivity contribution in [3.8, 4) is 0 Å². The van der Waals surface area contributed by atoms with E-state index in [1.807, 2.05) is 27.7 Å². The Morgan fingerprint density at radius 2 is 1.94 bits per heavy atom. The molecule has 0 N–H and O–H groups in total. The number of fused-ring (bicyclic) bond motifs is 1. The third-order valence-corrected chi connectivity index (χ3v) is 2.76. The molecule has 1 aliphatic carbocycles. The van der Waals surface area contributed by atoms with Gasteiger partial charge < -0.3 is 9.47 Å². The van der Waals surface area contributed by atoms with Crippen molar-refractivity contribution >= 4 is 0 Å². The summed E-state index contributed by atoms with van der Waals surface area (Å²) in [5.74, 6) is 0. The van der Waals surface area contributed by atoms with Crippen molar-refractivity contribution in [1.29, 1.82) is 0 Å². The second-order valence-electron chi connectivity index (χ2n) is 3.80. The molecule has 0 radical (unpaired) electrons. The number of rotatable bonds is 4. The first kappa shape index (κ1) is 18.8. The number of hydrogen-bond acceptors (Lipinski definition) is 2. The predicted molar refractivity (Wildman–Crippen MR) is 70.5 cm³/mol. The van der Waals surface area contributed by atoms with Gasteiger partial charge in [-0.05, 0) is 30.9 Å². The smallest absolute Gasteiger partial charge is 0.530 e. The van der Waals surface area contributed by atoms with Gasteiger partial charge in [0.15, 0.2) is 0 Å². The molecule has 2 atom stereocenters. The Bertz CT molecular complexity index is 328. The van der Waals surface area contributed by atoms with Gasteiger partial charge in [-0.15, -0.1) is 0 Å². The molecule has 96 valence electrons. The van der Waals surface area contributed by atoms with Crippen LogP contribution in [0, 0.1) is 6.61 Å². The van der Waals surface area contributed by atoms with Crippen LogP contribution in [0.2, 0.25) is 0 Å². The Morgan fingerprint density at radius 3 is 2.61 bits per heavy atom. The van der Waals surface area contributed by atoms with Gasteiger partial charge in [0.1, 0.15) is 6.29 Å². The summed E-state index contributed by atoms with van der Waals surface area (Å²) in [5.41, 5.74) is 2.74. The predicted octanol–water partition coefficient (Wildman–Crippen LogP) is 1.26. The first-order chi connectivity index (χ1) is 8.31. The molecule has 0 aromatic heterocycles. The molecular weight excluding hydrogens is 251 g/mol. The van der Waals surface area contributed by atoms with E-state index in [0.29, 0.717) is 0 Å². The largest absolute Gasteiger partial charge is 1.00 e. The van der Waals surface area contributed by atoms with Crippen molar-refractivity contribution < 1.29 is 60.9 Å². The zero-order chi connectivity index (χ0) is 12.7. The van der Waals surface area contributed by atoms with Gasteiger partial charge in [-0.2, -0.15) is 6.92 Å². The molecule has 1 aliphatic rings. The van der Waals surface area contributed by atoms with Crippen molar-refractivity contribution in [1.82, 2.24) is 0 Å². The molecule has 0 bridgehead atoms. The Morgan fingerprint density at radius 1 is 1.28 bits per heavy atom. The van der Waals surface area contributed by atoms with E-state index in [9.17, 15) is 0 Å². The number of aryl methyl sites for hydroxylation is 1. The summed E-state index contributed by atoms with van der Waals surface area (Å²) >= 11 is 0. The van der Waals surface area contributed by atoms with Crippen LogP contribution < -0.4 is 51.4 Å². The summed E-state index contributed by atoms with van der Waals surface area (Å²) in [6, 6.07) is 8.48. The molecule has 1 unspecified atom stereocenters. The van der Waals surface area contributed by atoms with Crippen LogP contribution in [0.15, 0.2) is 24.3 Å². The van der Waals surface area contributed by atoms with E-state index in [0.717, 1.165) is 12.8 Å². The molecule has 0 amide bonds. The van der Waals surface area contributed by atoms with Crippen LogP contribution in [0.5, 0.6) is 0 Å². The summed E-state index contributed by atoms with van der Waals surface area (Å²) in [6.45, 7) is 9.47. The fourth-order valence-corrected chi connectivity index (χ4v) is 2.11. The summed E-state index contributed by atoms with van der Waals surface area (Å²) in [4.78, 5) is 0. The third kappa shape index (κ3) is 5.41. The topological polar surface area (TPSA) is 18.5 Å². The Hall–Kier alpha value is 0.776. The molecule has 0 saturated heterocycles. The summed E-state index contributed by atoms with van der Waals surface area (Å²) < 4.78 is 11.1. The van der Waals surface area contributed by atoms with Crippen molar-refractivity contribution in [3.63, 3.8) is 0 Å². The molecule has 2 rings (SSSR count). The van der Waals surface area contributed by atoms with Gasteiger partial charge in [-0.25, -0.2) is 6.61 Å². The van der Waals surface area contributed by atoms with E-state index in [-0.39, 0.29) is 63.8 Å². The quantitative estimate of drug-likeness (QED) is 0.468. The second kappa shape index (κ2) is 10.6. The first-order valence-corrected chi connectivity index (χ1v) is 6.48. The van der Waals surface area contributed by atoms with Crippen molar-refractivity contribution in [2.45, 2.75) is 52.9 Å². The van der Waals surface area contributed by atoms with Crippen molar-refractivity contribution in [2.24, 2.45) is 0 Å². The Balaban J connectivity index is 0.000000917. The van der Waals surface area contributed by atoms with E-state index >= 15 is 0 Å². The fourth-order valence-electron chi connectivity index (χ4n) is 2.11. The zero-order valence-corrected chi connectivity index (χ0v) is 15.4. The molecule has 1 aromatic rings. The van der Waals surface area contributed by atoms with Gasteiger partial charge in [-0.3, -0.25) is 0 Å². The molecule has 0 aliphatic heterocycles. The molecule has 0 heterocycles. The molecule has 1 aromatic carbocycles. The molecule has 0 spiro atoms. The average molecular weight is 274 g/mol. The minimum atomic E-state index is -0.161. The Kier molecular flexibility index (Phi) is 11.0. The van der Waals surface area contributed by atoms with Crippen LogP contribution in [0.3, 0.4) is 0 Å².